The van der Waals surface area contributed by atoms with E-state index in [1.165, 1.54) is 96.6 Å². The van der Waals surface area contributed by atoms with Gasteiger partial charge in [0.15, 0.2) is 0 Å². The zero-order valence-electron chi connectivity index (χ0n) is 25.6. The smallest absolute Gasteiger partial charge is 0.0355 e. The van der Waals surface area contributed by atoms with Gasteiger partial charge < -0.3 is 0 Å². The van der Waals surface area contributed by atoms with Crippen molar-refractivity contribution >= 4 is 74.6 Å². The van der Waals surface area contributed by atoms with Crippen LogP contribution in [0.3, 0.4) is 0 Å². The molecule has 0 fully saturated rings. The zero-order chi connectivity index (χ0) is 30.9. The summed E-state index contributed by atoms with van der Waals surface area (Å²) in [7, 11) is 0. The van der Waals surface area contributed by atoms with Gasteiger partial charge in [0.25, 0.3) is 0 Å². The third kappa shape index (κ3) is 4.07. The van der Waals surface area contributed by atoms with Crippen molar-refractivity contribution in [2.45, 2.75) is 0 Å². The molecule has 0 bridgehead atoms. The summed E-state index contributed by atoms with van der Waals surface area (Å²) in [6.45, 7) is 0. The Hall–Kier alpha value is -5.76. The number of fused-ring (bicyclic) bond motifs is 8. The first-order valence-corrected chi connectivity index (χ1v) is 17.0. The molecule has 0 radical (unpaired) electrons. The van der Waals surface area contributed by atoms with E-state index in [1.807, 2.05) is 11.3 Å². The van der Waals surface area contributed by atoms with Crippen LogP contribution in [0.1, 0.15) is 0 Å². The number of hydrogen-bond acceptors (Lipinski definition) is 1. The van der Waals surface area contributed by atoms with Crippen LogP contribution in [-0.2, 0) is 0 Å². The van der Waals surface area contributed by atoms with Crippen LogP contribution in [0.2, 0.25) is 0 Å². The Balaban J connectivity index is 1.17. The summed E-state index contributed by atoms with van der Waals surface area (Å²) in [5.41, 5.74) is 7.59. The molecule has 0 nitrogen and oxygen atoms in total. The molecule has 0 atom stereocenters. The average Bonchev–Trinajstić information content (AvgIpc) is 3.51. The maximum atomic E-state index is 2.41. The molecule has 218 valence electrons. The average molecular weight is 613 g/mol. The molecule has 10 rings (SSSR count). The van der Waals surface area contributed by atoms with Gasteiger partial charge in [0.1, 0.15) is 0 Å². The quantitative estimate of drug-likeness (QED) is 0.138. The molecule has 0 aliphatic heterocycles. The van der Waals surface area contributed by atoms with Gasteiger partial charge in [-0.2, -0.15) is 0 Å². The van der Waals surface area contributed by atoms with Crippen LogP contribution < -0.4 is 0 Å². The Bertz CT molecular complexity index is 2780. The summed E-state index contributed by atoms with van der Waals surface area (Å²) in [6.07, 6.45) is 0. The third-order valence-electron chi connectivity index (χ3n) is 9.87. The van der Waals surface area contributed by atoms with Crippen molar-refractivity contribution in [3.8, 4) is 33.4 Å². The van der Waals surface area contributed by atoms with Crippen LogP contribution in [-0.4, -0.2) is 0 Å². The summed E-state index contributed by atoms with van der Waals surface area (Å²) in [4.78, 5) is 0. The van der Waals surface area contributed by atoms with Crippen molar-refractivity contribution in [3.05, 3.63) is 170 Å². The first-order chi connectivity index (χ1) is 23.3. The van der Waals surface area contributed by atoms with E-state index < -0.39 is 0 Å². The van der Waals surface area contributed by atoms with Crippen LogP contribution in [0.15, 0.2) is 170 Å². The molecule has 10 aromatic rings. The Morgan fingerprint density at radius 3 is 1.53 bits per heavy atom. The van der Waals surface area contributed by atoms with E-state index in [4.69, 9.17) is 0 Å². The van der Waals surface area contributed by atoms with E-state index in [2.05, 4.69) is 170 Å². The molecule has 1 heteroatoms. The van der Waals surface area contributed by atoms with E-state index in [9.17, 15) is 0 Å². The summed E-state index contributed by atoms with van der Waals surface area (Å²) in [5.74, 6) is 0. The fraction of sp³-hybridized carbons (Fsp3) is 0. The minimum atomic E-state index is 1.23. The van der Waals surface area contributed by atoms with Crippen molar-refractivity contribution in [1.82, 2.24) is 0 Å². The molecule has 0 aliphatic rings. The summed E-state index contributed by atoms with van der Waals surface area (Å²) in [5, 5.41) is 12.9. The number of thiophene rings is 1. The third-order valence-corrected chi connectivity index (χ3v) is 11.0. The molecule has 1 aromatic heterocycles. The van der Waals surface area contributed by atoms with Gasteiger partial charge in [-0.15, -0.1) is 11.3 Å². The second-order valence-corrected chi connectivity index (χ2v) is 13.5. The highest BCUT2D eigenvalue weighted by molar-refractivity contribution is 7.25. The monoisotopic (exact) mass is 612 g/mol. The molecule has 0 N–H and O–H groups in total. The molecular formula is C46H28S. The zero-order valence-corrected chi connectivity index (χ0v) is 26.4. The highest BCUT2D eigenvalue weighted by atomic mass is 32.1. The molecule has 0 saturated heterocycles. The summed E-state index contributed by atoms with van der Waals surface area (Å²) in [6, 6.07) is 62.8. The van der Waals surface area contributed by atoms with E-state index in [-0.39, 0.29) is 0 Å². The van der Waals surface area contributed by atoms with Crippen LogP contribution in [0.4, 0.5) is 0 Å². The van der Waals surface area contributed by atoms with Crippen molar-refractivity contribution in [2.75, 3.05) is 0 Å². The fourth-order valence-electron chi connectivity index (χ4n) is 7.74. The molecular weight excluding hydrogens is 585 g/mol. The Morgan fingerprint density at radius 1 is 0.277 bits per heavy atom. The van der Waals surface area contributed by atoms with Crippen LogP contribution in [0.5, 0.6) is 0 Å². The van der Waals surface area contributed by atoms with Gasteiger partial charge in [-0.1, -0.05) is 152 Å². The minimum absolute atomic E-state index is 1.23. The Kier molecular flexibility index (Phi) is 5.85. The topological polar surface area (TPSA) is 0 Å². The van der Waals surface area contributed by atoms with E-state index in [1.54, 1.807) is 0 Å². The highest BCUT2D eigenvalue weighted by Gasteiger charge is 2.18. The molecule has 0 saturated carbocycles. The van der Waals surface area contributed by atoms with Gasteiger partial charge in [-0.05, 0) is 94.7 Å². The Labute approximate surface area is 276 Å². The molecule has 9 aromatic carbocycles. The first kappa shape index (κ1) is 26.5. The molecule has 0 aliphatic carbocycles. The molecule has 0 unspecified atom stereocenters. The lowest BCUT2D eigenvalue weighted by Gasteiger charge is -2.18. The fourth-order valence-corrected chi connectivity index (χ4v) is 8.83. The normalized spacial score (nSPS) is 11.8. The lowest BCUT2D eigenvalue weighted by atomic mass is 9.85. The maximum Gasteiger partial charge on any atom is 0.0355 e. The van der Waals surface area contributed by atoms with Gasteiger partial charge in [-0.25, -0.2) is 0 Å². The van der Waals surface area contributed by atoms with Gasteiger partial charge in [0.05, 0.1) is 0 Å². The second kappa shape index (κ2) is 10.4. The van der Waals surface area contributed by atoms with Crippen molar-refractivity contribution in [2.24, 2.45) is 0 Å². The van der Waals surface area contributed by atoms with Crippen LogP contribution >= 0.6 is 11.3 Å². The van der Waals surface area contributed by atoms with Gasteiger partial charge >= 0.3 is 0 Å². The van der Waals surface area contributed by atoms with Gasteiger partial charge in [0, 0.05) is 20.2 Å². The molecule has 47 heavy (non-hydrogen) atoms. The molecule has 0 amide bonds. The lowest BCUT2D eigenvalue weighted by Crippen LogP contribution is -1.91. The van der Waals surface area contributed by atoms with E-state index in [0.717, 1.165) is 0 Å². The second-order valence-electron chi connectivity index (χ2n) is 12.4. The molecule has 1 heterocycles. The van der Waals surface area contributed by atoms with Crippen molar-refractivity contribution in [3.63, 3.8) is 0 Å². The Morgan fingerprint density at radius 2 is 0.809 bits per heavy atom. The highest BCUT2D eigenvalue weighted by Crippen LogP contribution is 2.45. The predicted octanol–water partition coefficient (Wildman–Crippen LogP) is 13.7. The first-order valence-electron chi connectivity index (χ1n) is 16.2. The largest absolute Gasteiger partial charge is 0.135 e. The summed E-state index contributed by atoms with van der Waals surface area (Å²) < 4.78 is 2.67. The SMILES string of the molecule is c1ccc2c(c1)ccc1c(-c3ccc(-c4c5ccccc5c(-c5ccc6sc7ccccc7c6c5)c5ccccc45)cc3)cccc12. The number of rotatable bonds is 3. The van der Waals surface area contributed by atoms with Crippen molar-refractivity contribution < 1.29 is 0 Å². The predicted molar refractivity (Wildman–Crippen MR) is 206 cm³/mol. The van der Waals surface area contributed by atoms with E-state index >= 15 is 0 Å². The minimum Gasteiger partial charge on any atom is -0.135 e. The van der Waals surface area contributed by atoms with Crippen molar-refractivity contribution in [1.29, 1.82) is 0 Å². The van der Waals surface area contributed by atoms with Crippen LogP contribution in [0.25, 0.3) is 96.6 Å². The van der Waals surface area contributed by atoms with E-state index in [0.29, 0.717) is 0 Å². The lowest BCUT2D eigenvalue weighted by molar-refractivity contribution is 1.64. The van der Waals surface area contributed by atoms with Gasteiger partial charge in [0.2, 0.25) is 0 Å². The number of hydrogen-bond donors (Lipinski definition) is 0. The number of benzene rings is 9. The standard InChI is InChI=1S/C46H28S/c1-2-11-33-29(10-1)24-26-36-34(17-9-18-35(33)36)30-20-22-31(23-21-30)45-38-13-3-5-15-40(38)46(41-16-6-4-14-39(41)45)32-25-27-44-42(28-32)37-12-7-8-19-43(37)47-44/h1-28H. The maximum absolute atomic E-state index is 2.41. The summed E-state index contributed by atoms with van der Waals surface area (Å²) >= 11 is 1.87. The van der Waals surface area contributed by atoms with Crippen LogP contribution in [0, 0.1) is 0 Å². The van der Waals surface area contributed by atoms with Gasteiger partial charge in [-0.3, -0.25) is 0 Å². The molecule has 0 spiro atoms.